The van der Waals surface area contributed by atoms with Gasteiger partial charge in [0, 0.05) is 37.8 Å². The second-order valence-electron chi connectivity index (χ2n) is 8.91. The molecule has 158 valence electrons. The predicted molar refractivity (Wildman–Crippen MR) is 112 cm³/mol. The van der Waals surface area contributed by atoms with Gasteiger partial charge in [0.1, 0.15) is 0 Å². The molecule has 2 aliphatic heterocycles. The van der Waals surface area contributed by atoms with Crippen molar-refractivity contribution in [3.05, 3.63) is 30.1 Å². The Hall–Kier alpha value is -1.95. The summed E-state index contributed by atoms with van der Waals surface area (Å²) in [5.74, 6) is 0.889. The van der Waals surface area contributed by atoms with E-state index in [1.54, 1.807) is 6.20 Å². The second kappa shape index (κ2) is 9.70. The molecular formula is C23H34N4O2. The van der Waals surface area contributed by atoms with Crippen LogP contribution in [-0.2, 0) is 16.1 Å². The summed E-state index contributed by atoms with van der Waals surface area (Å²) < 4.78 is 0. The van der Waals surface area contributed by atoms with Crippen LogP contribution in [0.25, 0.3) is 0 Å². The number of likely N-dealkylation sites (tertiary alicyclic amines) is 2. The Morgan fingerprint density at radius 3 is 2.45 bits per heavy atom. The fourth-order valence-corrected chi connectivity index (χ4v) is 5.26. The van der Waals surface area contributed by atoms with Crippen molar-refractivity contribution in [3.8, 4) is 0 Å². The van der Waals surface area contributed by atoms with Crippen molar-refractivity contribution in [1.82, 2.24) is 20.1 Å². The van der Waals surface area contributed by atoms with Crippen LogP contribution in [0.1, 0.15) is 57.1 Å². The van der Waals surface area contributed by atoms with E-state index in [0.717, 1.165) is 70.4 Å². The number of aromatic nitrogens is 1. The molecule has 29 heavy (non-hydrogen) atoms. The zero-order valence-electron chi connectivity index (χ0n) is 17.4. The van der Waals surface area contributed by atoms with Crippen molar-refractivity contribution in [3.63, 3.8) is 0 Å². The highest BCUT2D eigenvalue weighted by Crippen LogP contribution is 2.29. The second-order valence-corrected chi connectivity index (χ2v) is 8.91. The van der Waals surface area contributed by atoms with Gasteiger partial charge in [-0.3, -0.25) is 19.5 Å². The lowest BCUT2D eigenvalue weighted by Gasteiger charge is -2.42. The SMILES string of the molecule is O=C(NCc1ccccn1)[C@@H]1CCCN(C2CCN(C(=O)C3CCCC3)CC2)C1. The number of carbonyl (C=O) groups is 2. The molecule has 3 heterocycles. The molecule has 1 N–H and O–H groups in total. The summed E-state index contributed by atoms with van der Waals surface area (Å²) in [4.78, 5) is 34.2. The molecule has 0 spiro atoms. The maximum Gasteiger partial charge on any atom is 0.225 e. The normalized spacial score (nSPS) is 24.6. The molecule has 4 rings (SSSR count). The molecule has 1 aromatic rings. The van der Waals surface area contributed by atoms with E-state index in [1.165, 1.54) is 12.8 Å². The molecule has 0 unspecified atom stereocenters. The molecule has 0 aromatic carbocycles. The molecule has 1 aromatic heterocycles. The highest BCUT2D eigenvalue weighted by molar-refractivity contribution is 5.79. The maximum atomic E-state index is 12.7. The minimum absolute atomic E-state index is 0.0608. The van der Waals surface area contributed by atoms with Gasteiger partial charge in [0.05, 0.1) is 18.2 Å². The molecule has 3 aliphatic rings. The lowest BCUT2D eigenvalue weighted by molar-refractivity contribution is -0.137. The summed E-state index contributed by atoms with van der Waals surface area (Å²) in [6, 6.07) is 6.28. The van der Waals surface area contributed by atoms with E-state index in [9.17, 15) is 9.59 Å². The molecule has 6 nitrogen and oxygen atoms in total. The van der Waals surface area contributed by atoms with Crippen LogP contribution in [0.5, 0.6) is 0 Å². The minimum Gasteiger partial charge on any atom is -0.350 e. The van der Waals surface area contributed by atoms with Gasteiger partial charge >= 0.3 is 0 Å². The van der Waals surface area contributed by atoms with Gasteiger partial charge in [-0.15, -0.1) is 0 Å². The van der Waals surface area contributed by atoms with Crippen LogP contribution in [0.2, 0.25) is 0 Å². The van der Waals surface area contributed by atoms with Crippen LogP contribution in [0.15, 0.2) is 24.4 Å². The summed E-state index contributed by atoms with van der Waals surface area (Å²) in [6.07, 6.45) is 10.5. The molecule has 3 fully saturated rings. The number of hydrogen-bond donors (Lipinski definition) is 1. The standard InChI is InChI=1S/C23H34N4O2/c28-22(25-16-20-9-3-4-12-24-20)19-8-5-13-27(17-19)21-10-14-26(15-11-21)23(29)18-6-1-2-7-18/h3-4,9,12,18-19,21H,1-2,5-8,10-11,13-17H2,(H,25,28)/t19-/m1/s1. The average molecular weight is 399 g/mol. The highest BCUT2D eigenvalue weighted by Gasteiger charge is 2.34. The molecule has 2 saturated heterocycles. The average Bonchev–Trinajstić information content (AvgIpc) is 3.33. The van der Waals surface area contributed by atoms with E-state index in [1.807, 2.05) is 18.2 Å². The number of rotatable bonds is 5. The topological polar surface area (TPSA) is 65.5 Å². The first-order valence-corrected chi connectivity index (χ1v) is 11.4. The van der Waals surface area contributed by atoms with E-state index in [0.29, 0.717) is 18.5 Å². The van der Waals surface area contributed by atoms with Crippen molar-refractivity contribution < 1.29 is 9.59 Å². The number of nitrogens with zero attached hydrogens (tertiary/aromatic N) is 3. The molecule has 1 aliphatic carbocycles. The van der Waals surface area contributed by atoms with Crippen molar-refractivity contribution in [2.75, 3.05) is 26.2 Å². The summed E-state index contributed by atoms with van der Waals surface area (Å²) in [5.41, 5.74) is 0.896. The third-order valence-electron chi connectivity index (χ3n) is 6.99. The van der Waals surface area contributed by atoms with Gasteiger partial charge in [0.2, 0.25) is 11.8 Å². The largest absolute Gasteiger partial charge is 0.350 e. The monoisotopic (exact) mass is 398 g/mol. The van der Waals surface area contributed by atoms with Gasteiger partial charge in [-0.25, -0.2) is 0 Å². The lowest BCUT2D eigenvalue weighted by Crippen LogP contribution is -2.52. The fourth-order valence-electron chi connectivity index (χ4n) is 5.26. The molecular weight excluding hydrogens is 364 g/mol. The van der Waals surface area contributed by atoms with Crippen LogP contribution in [-0.4, -0.2) is 58.8 Å². The molecule has 1 saturated carbocycles. The van der Waals surface area contributed by atoms with E-state index >= 15 is 0 Å². The zero-order valence-corrected chi connectivity index (χ0v) is 17.4. The summed E-state index contributed by atoms with van der Waals surface area (Å²) in [5, 5.41) is 3.06. The Morgan fingerprint density at radius 1 is 0.966 bits per heavy atom. The van der Waals surface area contributed by atoms with Crippen molar-refractivity contribution in [1.29, 1.82) is 0 Å². The van der Waals surface area contributed by atoms with Gasteiger partial charge in [0.25, 0.3) is 0 Å². The van der Waals surface area contributed by atoms with Crippen LogP contribution in [0.3, 0.4) is 0 Å². The first-order valence-electron chi connectivity index (χ1n) is 11.4. The Labute approximate surface area is 174 Å². The highest BCUT2D eigenvalue weighted by atomic mass is 16.2. The van der Waals surface area contributed by atoms with Gasteiger partial charge in [-0.1, -0.05) is 18.9 Å². The molecule has 1 atom stereocenters. The summed E-state index contributed by atoms with van der Waals surface area (Å²) >= 11 is 0. The van der Waals surface area contributed by atoms with Gasteiger partial charge < -0.3 is 10.2 Å². The van der Waals surface area contributed by atoms with Crippen molar-refractivity contribution in [2.45, 2.75) is 64.0 Å². The van der Waals surface area contributed by atoms with E-state index < -0.39 is 0 Å². The van der Waals surface area contributed by atoms with E-state index in [4.69, 9.17) is 0 Å². The smallest absolute Gasteiger partial charge is 0.225 e. The Kier molecular flexibility index (Phi) is 6.80. The van der Waals surface area contributed by atoms with Gasteiger partial charge in [-0.05, 0) is 57.2 Å². The fraction of sp³-hybridized carbons (Fsp3) is 0.696. The quantitative estimate of drug-likeness (QED) is 0.828. The molecule has 2 amide bonds. The lowest BCUT2D eigenvalue weighted by atomic mass is 9.93. The maximum absolute atomic E-state index is 12.7. The minimum atomic E-state index is 0.0608. The number of hydrogen-bond acceptors (Lipinski definition) is 4. The third-order valence-corrected chi connectivity index (χ3v) is 6.99. The number of nitrogens with one attached hydrogen (secondary N) is 1. The van der Waals surface area contributed by atoms with Crippen LogP contribution in [0.4, 0.5) is 0 Å². The van der Waals surface area contributed by atoms with Gasteiger partial charge in [0.15, 0.2) is 0 Å². The zero-order chi connectivity index (χ0) is 20.1. The van der Waals surface area contributed by atoms with Crippen LogP contribution >= 0.6 is 0 Å². The first kappa shape index (κ1) is 20.3. The van der Waals surface area contributed by atoms with Gasteiger partial charge in [-0.2, -0.15) is 0 Å². The van der Waals surface area contributed by atoms with Crippen LogP contribution in [0, 0.1) is 11.8 Å². The third kappa shape index (κ3) is 5.16. The van der Waals surface area contributed by atoms with Crippen molar-refractivity contribution in [2.24, 2.45) is 11.8 Å². The summed E-state index contributed by atoms with van der Waals surface area (Å²) in [6.45, 7) is 4.18. The number of amides is 2. The van der Waals surface area contributed by atoms with Crippen molar-refractivity contribution >= 4 is 11.8 Å². The van der Waals surface area contributed by atoms with Crippen LogP contribution < -0.4 is 5.32 Å². The molecule has 6 heteroatoms. The van der Waals surface area contributed by atoms with E-state index in [2.05, 4.69) is 20.1 Å². The number of pyridine rings is 1. The predicted octanol–water partition coefficient (Wildman–Crippen LogP) is 2.59. The first-order chi connectivity index (χ1) is 14.2. The Bertz CT molecular complexity index is 681. The van der Waals surface area contributed by atoms with E-state index in [-0.39, 0.29) is 17.7 Å². The number of carbonyl (C=O) groups excluding carboxylic acids is 2. The summed E-state index contributed by atoms with van der Waals surface area (Å²) in [7, 11) is 0. The molecule has 0 radical (unpaired) electrons. The Morgan fingerprint density at radius 2 is 1.72 bits per heavy atom. The number of piperidine rings is 2. The molecule has 0 bridgehead atoms. The Balaban J connectivity index is 1.23.